The number of anilines is 1. The molecule has 0 spiro atoms. The SMILES string of the molecule is NC(=O)C1CC(O)CN1S(=O)(=O)c1ccc(O)c(N)c1. The fraction of sp³-hybridized carbons (Fsp3) is 0.364. The van der Waals surface area contributed by atoms with Crippen molar-refractivity contribution < 1.29 is 23.4 Å². The number of phenols is 1. The Morgan fingerprint density at radius 2 is 2.05 bits per heavy atom. The van der Waals surface area contributed by atoms with Gasteiger partial charge in [0.1, 0.15) is 11.8 Å². The number of carbonyl (C=O) groups excluding carboxylic acids is 1. The van der Waals surface area contributed by atoms with Crippen molar-refractivity contribution in [1.82, 2.24) is 4.31 Å². The summed E-state index contributed by atoms with van der Waals surface area (Å²) in [5.41, 5.74) is 10.5. The number of amides is 1. The molecule has 0 aliphatic carbocycles. The fourth-order valence-electron chi connectivity index (χ4n) is 2.14. The first-order chi connectivity index (χ1) is 9.23. The number of hydrogen-bond acceptors (Lipinski definition) is 6. The van der Waals surface area contributed by atoms with Crippen LogP contribution in [0.5, 0.6) is 5.75 Å². The van der Waals surface area contributed by atoms with Crippen LogP contribution < -0.4 is 11.5 Å². The van der Waals surface area contributed by atoms with E-state index in [2.05, 4.69) is 0 Å². The standard InChI is InChI=1S/C11H15N3O5S/c12-8-4-7(1-2-10(8)16)20(18,19)14-5-6(15)3-9(14)11(13)17/h1-2,4,6,9,15-16H,3,5,12H2,(H2,13,17). The third-order valence-electron chi connectivity index (χ3n) is 3.17. The normalized spacial score (nSPS) is 23.9. The Hall–Kier alpha value is -1.84. The predicted molar refractivity (Wildman–Crippen MR) is 70.0 cm³/mol. The van der Waals surface area contributed by atoms with Crippen molar-refractivity contribution in [1.29, 1.82) is 0 Å². The summed E-state index contributed by atoms with van der Waals surface area (Å²) >= 11 is 0. The Morgan fingerprint density at radius 3 is 2.60 bits per heavy atom. The van der Waals surface area contributed by atoms with Crippen molar-refractivity contribution in [3.63, 3.8) is 0 Å². The van der Waals surface area contributed by atoms with E-state index in [4.69, 9.17) is 11.5 Å². The van der Waals surface area contributed by atoms with Gasteiger partial charge in [-0.2, -0.15) is 4.31 Å². The van der Waals surface area contributed by atoms with Crippen LogP contribution in [0.3, 0.4) is 0 Å². The van der Waals surface area contributed by atoms with Gasteiger partial charge in [0.2, 0.25) is 15.9 Å². The van der Waals surface area contributed by atoms with Gasteiger partial charge in [-0.1, -0.05) is 0 Å². The second-order valence-corrected chi connectivity index (χ2v) is 6.49. The molecule has 0 radical (unpaired) electrons. The van der Waals surface area contributed by atoms with Crippen LogP contribution in [0, 0.1) is 0 Å². The molecule has 9 heteroatoms. The van der Waals surface area contributed by atoms with E-state index in [9.17, 15) is 23.4 Å². The highest BCUT2D eigenvalue weighted by atomic mass is 32.2. The highest BCUT2D eigenvalue weighted by Crippen LogP contribution is 2.29. The number of aromatic hydroxyl groups is 1. The molecule has 0 bridgehead atoms. The highest BCUT2D eigenvalue weighted by molar-refractivity contribution is 7.89. The number of nitrogens with two attached hydrogens (primary N) is 2. The van der Waals surface area contributed by atoms with E-state index in [1.807, 2.05) is 0 Å². The first-order valence-electron chi connectivity index (χ1n) is 5.81. The predicted octanol–water partition coefficient (Wildman–Crippen LogP) is -1.42. The Bertz CT molecular complexity index is 645. The zero-order valence-corrected chi connectivity index (χ0v) is 11.2. The minimum absolute atomic E-state index is 0.0396. The first kappa shape index (κ1) is 14.6. The minimum atomic E-state index is -4.02. The van der Waals surface area contributed by atoms with Gasteiger partial charge >= 0.3 is 0 Å². The second kappa shape index (κ2) is 4.93. The van der Waals surface area contributed by atoms with Crippen LogP contribution in [0.25, 0.3) is 0 Å². The van der Waals surface area contributed by atoms with Crippen LogP contribution in [0.15, 0.2) is 23.1 Å². The lowest BCUT2D eigenvalue weighted by Crippen LogP contribution is -2.43. The lowest BCUT2D eigenvalue weighted by atomic mass is 10.2. The van der Waals surface area contributed by atoms with Crippen LogP contribution in [0.4, 0.5) is 5.69 Å². The van der Waals surface area contributed by atoms with E-state index in [-0.39, 0.29) is 29.3 Å². The maximum atomic E-state index is 12.4. The molecule has 8 nitrogen and oxygen atoms in total. The summed E-state index contributed by atoms with van der Waals surface area (Å²) < 4.78 is 25.7. The Kier molecular flexibility index (Phi) is 3.59. The summed E-state index contributed by atoms with van der Waals surface area (Å²) in [7, 11) is -4.02. The van der Waals surface area contributed by atoms with Crippen LogP contribution in [-0.4, -0.2) is 47.5 Å². The number of nitrogen functional groups attached to an aromatic ring is 1. The molecule has 1 aromatic rings. The maximum absolute atomic E-state index is 12.4. The Labute approximate surface area is 115 Å². The van der Waals surface area contributed by atoms with Crippen molar-refractivity contribution in [2.45, 2.75) is 23.5 Å². The molecule has 0 aromatic heterocycles. The largest absolute Gasteiger partial charge is 0.506 e. The number of rotatable bonds is 3. The van der Waals surface area contributed by atoms with Crippen molar-refractivity contribution in [2.75, 3.05) is 12.3 Å². The molecule has 1 heterocycles. The number of aliphatic hydroxyl groups is 1. The van der Waals surface area contributed by atoms with E-state index >= 15 is 0 Å². The van der Waals surface area contributed by atoms with Crippen LogP contribution in [0.2, 0.25) is 0 Å². The second-order valence-electron chi connectivity index (χ2n) is 4.60. The molecule has 110 valence electrons. The molecular formula is C11H15N3O5S. The smallest absolute Gasteiger partial charge is 0.243 e. The summed E-state index contributed by atoms with van der Waals surface area (Å²) in [6.07, 6.45) is -0.987. The number of nitrogens with zero attached hydrogens (tertiary/aromatic N) is 1. The van der Waals surface area contributed by atoms with Gasteiger partial charge in [-0.15, -0.1) is 0 Å². The van der Waals surface area contributed by atoms with Crippen molar-refractivity contribution in [3.8, 4) is 5.75 Å². The number of sulfonamides is 1. The van der Waals surface area contributed by atoms with Gasteiger partial charge in [0, 0.05) is 13.0 Å². The molecule has 1 fully saturated rings. The third kappa shape index (κ3) is 2.42. The van der Waals surface area contributed by atoms with Gasteiger partial charge in [-0.25, -0.2) is 8.42 Å². The van der Waals surface area contributed by atoms with Crippen molar-refractivity contribution >= 4 is 21.6 Å². The number of aliphatic hydroxyl groups excluding tert-OH is 1. The first-order valence-corrected chi connectivity index (χ1v) is 7.25. The molecule has 2 atom stereocenters. The summed E-state index contributed by atoms with van der Waals surface area (Å²) in [6.45, 7) is -0.212. The average Bonchev–Trinajstić information content (AvgIpc) is 2.75. The summed E-state index contributed by atoms with van der Waals surface area (Å²) in [4.78, 5) is 11.1. The molecule has 0 saturated carbocycles. The number of phenolic OH excluding ortho intramolecular Hbond substituents is 1. The van der Waals surface area contributed by atoms with Gasteiger partial charge in [0.15, 0.2) is 0 Å². The molecular weight excluding hydrogens is 286 g/mol. The minimum Gasteiger partial charge on any atom is -0.506 e. The van der Waals surface area contributed by atoms with E-state index in [0.29, 0.717) is 0 Å². The third-order valence-corrected chi connectivity index (χ3v) is 5.04. The molecule has 1 aliphatic heterocycles. The van der Waals surface area contributed by atoms with Crippen LogP contribution in [0.1, 0.15) is 6.42 Å². The van der Waals surface area contributed by atoms with Crippen molar-refractivity contribution in [3.05, 3.63) is 18.2 Å². The van der Waals surface area contributed by atoms with Crippen molar-refractivity contribution in [2.24, 2.45) is 5.73 Å². The number of carbonyl (C=O) groups is 1. The molecule has 1 aliphatic rings. The number of hydrogen-bond donors (Lipinski definition) is 4. The molecule has 1 saturated heterocycles. The zero-order chi connectivity index (χ0) is 15.1. The summed E-state index contributed by atoms with van der Waals surface area (Å²) in [5, 5.41) is 18.9. The van der Waals surface area contributed by atoms with Gasteiger partial charge in [-0.3, -0.25) is 4.79 Å². The lowest BCUT2D eigenvalue weighted by molar-refractivity contribution is -0.121. The molecule has 2 unspecified atom stereocenters. The fourth-order valence-corrected chi connectivity index (χ4v) is 3.82. The molecule has 2 rings (SSSR count). The average molecular weight is 301 g/mol. The van der Waals surface area contributed by atoms with Gasteiger partial charge in [-0.05, 0) is 18.2 Å². The highest BCUT2D eigenvalue weighted by Gasteiger charge is 2.42. The molecule has 20 heavy (non-hydrogen) atoms. The summed E-state index contributed by atoms with van der Waals surface area (Å²) in [5.74, 6) is -1.06. The monoisotopic (exact) mass is 301 g/mol. The number of benzene rings is 1. The van der Waals surface area contributed by atoms with E-state index in [1.54, 1.807) is 0 Å². The van der Waals surface area contributed by atoms with E-state index in [1.165, 1.54) is 6.07 Å². The Balaban J connectivity index is 2.43. The molecule has 1 amide bonds. The van der Waals surface area contributed by atoms with E-state index in [0.717, 1.165) is 16.4 Å². The molecule has 6 N–H and O–H groups in total. The number of β-amino-alcohol motifs (C(OH)–C–C–N with tert-alkyl or cyclic N) is 1. The van der Waals surface area contributed by atoms with E-state index < -0.39 is 28.1 Å². The molecule has 1 aromatic carbocycles. The lowest BCUT2D eigenvalue weighted by Gasteiger charge is -2.21. The quantitative estimate of drug-likeness (QED) is 0.398. The summed E-state index contributed by atoms with van der Waals surface area (Å²) in [6, 6.07) is 2.32. The Morgan fingerprint density at radius 1 is 1.40 bits per heavy atom. The van der Waals surface area contributed by atoms with Crippen LogP contribution in [-0.2, 0) is 14.8 Å². The van der Waals surface area contributed by atoms with Gasteiger partial charge in [0.05, 0.1) is 16.7 Å². The number of primary amides is 1. The zero-order valence-electron chi connectivity index (χ0n) is 10.4. The van der Waals surface area contributed by atoms with Gasteiger partial charge < -0.3 is 21.7 Å². The topological polar surface area (TPSA) is 147 Å². The maximum Gasteiger partial charge on any atom is 0.243 e. The van der Waals surface area contributed by atoms with Crippen LogP contribution >= 0.6 is 0 Å². The van der Waals surface area contributed by atoms with Gasteiger partial charge in [0.25, 0.3) is 0 Å².